The molecule has 2 aromatic rings. The summed E-state index contributed by atoms with van der Waals surface area (Å²) in [5, 5.41) is 9.46. The fourth-order valence-electron chi connectivity index (χ4n) is 1.56. The molecule has 0 aliphatic rings. The van der Waals surface area contributed by atoms with Crippen LogP contribution in [0.15, 0.2) is 36.5 Å². The van der Waals surface area contributed by atoms with Gasteiger partial charge in [0.25, 0.3) is 0 Å². The Kier molecular flexibility index (Phi) is 3.11. The molecule has 1 aromatic heterocycles. The van der Waals surface area contributed by atoms with Crippen molar-refractivity contribution in [2.24, 2.45) is 0 Å². The summed E-state index contributed by atoms with van der Waals surface area (Å²) in [5.41, 5.74) is 2.74. The van der Waals surface area contributed by atoms with Gasteiger partial charge in [0.15, 0.2) is 0 Å². The quantitative estimate of drug-likeness (QED) is 0.885. The van der Waals surface area contributed by atoms with Crippen LogP contribution in [-0.4, -0.2) is 16.1 Å². The maximum Gasteiger partial charge on any atom is 0.337 e. The summed E-state index contributed by atoms with van der Waals surface area (Å²) in [5.74, 6) is -0.980. The first-order valence-corrected chi connectivity index (χ1v) is 5.42. The summed E-state index contributed by atoms with van der Waals surface area (Å²) < 4.78 is 0. The fourth-order valence-corrected chi connectivity index (χ4v) is 1.74. The lowest BCUT2D eigenvalue weighted by atomic mass is 10.0. The number of carboxylic acid groups (broad SMARTS) is 1. The number of hydrogen-bond donors (Lipinski definition) is 1. The second-order valence-electron chi connectivity index (χ2n) is 3.65. The summed E-state index contributed by atoms with van der Waals surface area (Å²) in [6.07, 6.45) is 1.35. The number of hydrogen-bond acceptors (Lipinski definition) is 2. The van der Waals surface area contributed by atoms with E-state index in [4.69, 9.17) is 16.7 Å². The molecular weight excluding hydrogens is 238 g/mol. The number of nitrogens with zero attached hydrogens (tertiary/aromatic N) is 1. The highest BCUT2D eigenvalue weighted by molar-refractivity contribution is 6.31. The third kappa shape index (κ3) is 2.29. The van der Waals surface area contributed by atoms with Crippen LogP contribution in [0.1, 0.15) is 15.9 Å². The van der Waals surface area contributed by atoms with Gasteiger partial charge in [-0.15, -0.1) is 0 Å². The van der Waals surface area contributed by atoms with E-state index in [0.717, 1.165) is 16.8 Å². The van der Waals surface area contributed by atoms with Gasteiger partial charge in [0.1, 0.15) is 0 Å². The zero-order valence-corrected chi connectivity index (χ0v) is 9.90. The van der Waals surface area contributed by atoms with Gasteiger partial charge in [-0.2, -0.15) is 0 Å². The number of aromatic carboxylic acids is 1. The number of carboxylic acids is 1. The van der Waals surface area contributed by atoms with E-state index in [2.05, 4.69) is 4.98 Å². The minimum Gasteiger partial charge on any atom is -0.478 e. The van der Waals surface area contributed by atoms with E-state index in [9.17, 15) is 4.79 Å². The van der Waals surface area contributed by atoms with Gasteiger partial charge in [-0.1, -0.05) is 23.7 Å². The molecule has 4 heteroatoms. The number of benzene rings is 1. The topological polar surface area (TPSA) is 50.2 Å². The number of aromatic nitrogens is 1. The van der Waals surface area contributed by atoms with Crippen LogP contribution in [0.25, 0.3) is 11.3 Å². The van der Waals surface area contributed by atoms with Gasteiger partial charge in [-0.3, -0.25) is 4.98 Å². The maximum absolute atomic E-state index is 10.7. The van der Waals surface area contributed by atoms with Gasteiger partial charge in [-0.05, 0) is 30.7 Å². The van der Waals surface area contributed by atoms with Crippen molar-refractivity contribution in [1.82, 2.24) is 4.98 Å². The number of carbonyl (C=O) groups is 1. The molecule has 0 radical (unpaired) electrons. The first kappa shape index (κ1) is 11.6. The maximum atomic E-state index is 10.7. The molecule has 2 rings (SSSR count). The monoisotopic (exact) mass is 247 g/mol. The van der Waals surface area contributed by atoms with Crippen molar-refractivity contribution in [3.63, 3.8) is 0 Å². The van der Waals surface area contributed by atoms with Crippen LogP contribution in [0, 0.1) is 6.92 Å². The van der Waals surface area contributed by atoms with Crippen molar-refractivity contribution in [1.29, 1.82) is 0 Å². The molecule has 3 nitrogen and oxygen atoms in total. The van der Waals surface area contributed by atoms with Gasteiger partial charge in [-0.25, -0.2) is 4.79 Å². The Labute approximate surface area is 104 Å². The Bertz CT molecular complexity index is 564. The average Bonchev–Trinajstić information content (AvgIpc) is 2.33. The van der Waals surface area contributed by atoms with E-state index in [1.807, 2.05) is 25.1 Å². The molecule has 0 amide bonds. The zero-order valence-electron chi connectivity index (χ0n) is 9.14. The SMILES string of the molecule is Cc1c(Cl)cccc1-c1ccc(C(=O)O)cn1. The van der Waals surface area contributed by atoms with Crippen molar-refractivity contribution >= 4 is 17.6 Å². The average molecular weight is 248 g/mol. The first-order chi connectivity index (χ1) is 8.09. The highest BCUT2D eigenvalue weighted by Crippen LogP contribution is 2.26. The lowest BCUT2D eigenvalue weighted by Gasteiger charge is -2.06. The smallest absolute Gasteiger partial charge is 0.337 e. The number of pyridine rings is 1. The van der Waals surface area contributed by atoms with Crippen LogP contribution in [0.4, 0.5) is 0 Å². The summed E-state index contributed by atoms with van der Waals surface area (Å²) in [6, 6.07) is 8.78. The van der Waals surface area contributed by atoms with Gasteiger partial charge >= 0.3 is 5.97 Å². The molecule has 1 N–H and O–H groups in total. The number of rotatable bonds is 2. The molecule has 17 heavy (non-hydrogen) atoms. The summed E-state index contributed by atoms with van der Waals surface area (Å²) in [7, 11) is 0. The Balaban J connectivity index is 2.47. The van der Waals surface area contributed by atoms with Crippen LogP contribution in [0.2, 0.25) is 5.02 Å². The van der Waals surface area contributed by atoms with Gasteiger partial charge in [0, 0.05) is 16.8 Å². The minimum absolute atomic E-state index is 0.174. The predicted octanol–water partition coefficient (Wildman–Crippen LogP) is 3.41. The second-order valence-corrected chi connectivity index (χ2v) is 4.06. The van der Waals surface area contributed by atoms with E-state index < -0.39 is 5.97 Å². The molecule has 0 aliphatic heterocycles. The molecule has 0 aliphatic carbocycles. The van der Waals surface area contributed by atoms with Gasteiger partial charge in [0.05, 0.1) is 11.3 Å². The Morgan fingerprint density at radius 2 is 2.06 bits per heavy atom. The van der Waals surface area contributed by atoms with Crippen molar-refractivity contribution in [3.05, 3.63) is 52.7 Å². The van der Waals surface area contributed by atoms with E-state index in [1.165, 1.54) is 12.3 Å². The molecule has 0 unspecified atom stereocenters. The molecule has 0 fully saturated rings. The van der Waals surface area contributed by atoms with Crippen molar-refractivity contribution in [2.45, 2.75) is 6.92 Å². The summed E-state index contributed by atoms with van der Waals surface area (Å²) >= 11 is 6.02. The molecular formula is C13H10ClNO2. The third-order valence-corrected chi connectivity index (χ3v) is 2.96. The van der Waals surface area contributed by atoms with E-state index >= 15 is 0 Å². The Morgan fingerprint density at radius 3 is 2.65 bits per heavy atom. The first-order valence-electron chi connectivity index (χ1n) is 5.04. The molecule has 0 spiro atoms. The molecule has 0 saturated carbocycles. The van der Waals surface area contributed by atoms with Crippen LogP contribution in [0.3, 0.4) is 0 Å². The second kappa shape index (κ2) is 4.55. The minimum atomic E-state index is -0.980. The molecule has 0 saturated heterocycles. The van der Waals surface area contributed by atoms with Crippen LogP contribution in [0.5, 0.6) is 0 Å². The normalized spacial score (nSPS) is 10.2. The molecule has 86 valence electrons. The van der Waals surface area contributed by atoms with E-state index in [1.54, 1.807) is 6.07 Å². The predicted molar refractivity (Wildman–Crippen MR) is 66.4 cm³/mol. The zero-order chi connectivity index (χ0) is 12.4. The molecule has 1 heterocycles. The lowest BCUT2D eigenvalue weighted by Crippen LogP contribution is -1.97. The highest BCUT2D eigenvalue weighted by Gasteiger charge is 2.07. The van der Waals surface area contributed by atoms with Crippen LogP contribution >= 0.6 is 11.6 Å². The fraction of sp³-hybridized carbons (Fsp3) is 0.0769. The molecule has 0 bridgehead atoms. The lowest BCUT2D eigenvalue weighted by molar-refractivity contribution is 0.0696. The van der Waals surface area contributed by atoms with E-state index in [-0.39, 0.29) is 5.56 Å². The number of halogens is 1. The van der Waals surface area contributed by atoms with Crippen LogP contribution in [-0.2, 0) is 0 Å². The largest absolute Gasteiger partial charge is 0.478 e. The van der Waals surface area contributed by atoms with Gasteiger partial charge in [0.2, 0.25) is 0 Å². The highest BCUT2D eigenvalue weighted by atomic mass is 35.5. The molecule has 1 aromatic carbocycles. The standard InChI is InChI=1S/C13H10ClNO2/c1-8-10(3-2-4-11(8)14)12-6-5-9(7-15-12)13(16)17/h2-7H,1H3,(H,16,17). The third-order valence-electron chi connectivity index (χ3n) is 2.55. The van der Waals surface area contributed by atoms with Crippen LogP contribution < -0.4 is 0 Å². The summed E-state index contributed by atoms with van der Waals surface area (Å²) in [6.45, 7) is 1.91. The Hall–Kier alpha value is -1.87. The summed E-state index contributed by atoms with van der Waals surface area (Å²) in [4.78, 5) is 14.8. The van der Waals surface area contributed by atoms with Crippen molar-refractivity contribution in [2.75, 3.05) is 0 Å². The van der Waals surface area contributed by atoms with Crippen molar-refractivity contribution in [3.8, 4) is 11.3 Å². The van der Waals surface area contributed by atoms with Gasteiger partial charge < -0.3 is 5.11 Å². The van der Waals surface area contributed by atoms with Crippen molar-refractivity contribution < 1.29 is 9.90 Å². The van der Waals surface area contributed by atoms with E-state index in [0.29, 0.717) is 5.02 Å². The Morgan fingerprint density at radius 1 is 1.29 bits per heavy atom. The molecule has 0 atom stereocenters.